The number of rotatable bonds is 3. The van der Waals surface area contributed by atoms with E-state index in [0.29, 0.717) is 26.4 Å². The molecular formula is C24H28N6O2. The van der Waals surface area contributed by atoms with Crippen molar-refractivity contribution >= 4 is 33.7 Å². The van der Waals surface area contributed by atoms with Crippen molar-refractivity contribution in [1.29, 1.82) is 0 Å². The van der Waals surface area contributed by atoms with Gasteiger partial charge in [-0.15, -0.1) is 0 Å². The number of morpholine rings is 2. The van der Waals surface area contributed by atoms with E-state index in [-0.39, 0.29) is 12.1 Å². The Morgan fingerprint density at radius 3 is 2.50 bits per heavy atom. The van der Waals surface area contributed by atoms with Gasteiger partial charge in [0.2, 0.25) is 5.95 Å². The van der Waals surface area contributed by atoms with Crippen LogP contribution >= 0.6 is 0 Å². The molecule has 2 atom stereocenters. The molecule has 1 aromatic carbocycles. The fraction of sp³-hybridized carbons (Fsp3) is 0.417. The summed E-state index contributed by atoms with van der Waals surface area (Å²) in [5.41, 5.74) is 4.19. The van der Waals surface area contributed by atoms with Gasteiger partial charge < -0.3 is 29.2 Å². The summed E-state index contributed by atoms with van der Waals surface area (Å²) in [6, 6.07) is 11.1. The number of fused-ring (bicyclic) bond motifs is 2. The van der Waals surface area contributed by atoms with Crippen LogP contribution in [0, 0.1) is 0 Å². The second-order valence-corrected chi connectivity index (χ2v) is 8.77. The molecule has 0 spiro atoms. The maximum atomic E-state index is 5.70. The molecule has 4 aromatic rings. The summed E-state index contributed by atoms with van der Waals surface area (Å²) in [6.07, 6.45) is 1.98. The molecule has 0 radical (unpaired) electrons. The fourth-order valence-electron chi connectivity index (χ4n) is 4.86. The Morgan fingerprint density at radius 1 is 0.938 bits per heavy atom. The second kappa shape index (κ2) is 7.79. The first-order chi connectivity index (χ1) is 15.7. The lowest BCUT2D eigenvalue weighted by Crippen LogP contribution is -2.46. The SMILES string of the molecule is C[C@@H]1COCCN1c1nc(N2CCOC[C@@H]2C)nc2[nH]c(-c3cccc4[nH]ccc34)cc12. The summed E-state index contributed by atoms with van der Waals surface area (Å²) in [5.74, 6) is 1.73. The van der Waals surface area contributed by atoms with E-state index in [4.69, 9.17) is 19.4 Å². The first-order valence-electron chi connectivity index (χ1n) is 11.3. The minimum Gasteiger partial charge on any atom is -0.377 e. The van der Waals surface area contributed by atoms with E-state index in [0.717, 1.165) is 52.7 Å². The molecule has 8 nitrogen and oxygen atoms in total. The zero-order valence-corrected chi connectivity index (χ0v) is 18.5. The third-order valence-electron chi connectivity index (χ3n) is 6.60. The molecule has 2 aliphatic heterocycles. The highest BCUT2D eigenvalue weighted by Crippen LogP contribution is 2.35. The average Bonchev–Trinajstić information content (AvgIpc) is 3.46. The molecule has 0 bridgehead atoms. The fourth-order valence-corrected chi connectivity index (χ4v) is 4.86. The number of ether oxygens (including phenoxy) is 2. The molecule has 166 valence electrons. The van der Waals surface area contributed by atoms with Crippen LogP contribution in [0.3, 0.4) is 0 Å². The van der Waals surface area contributed by atoms with E-state index < -0.39 is 0 Å². The van der Waals surface area contributed by atoms with Crippen LogP contribution in [0.25, 0.3) is 33.2 Å². The number of anilines is 2. The molecule has 32 heavy (non-hydrogen) atoms. The molecular weight excluding hydrogens is 404 g/mol. The molecule has 0 aliphatic carbocycles. The number of nitrogens with zero attached hydrogens (tertiary/aromatic N) is 4. The van der Waals surface area contributed by atoms with E-state index >= 15 is 0 Å². The molecule has 2 fully saturated rings. The summed E-state index contributed by atoms with van der Waals surface area (Å²) in [7, 11) is 0. The Hall–Kier alpha value is -3.10. The predicted octanol–water partition coefficient (Wildman–Crippen LogP) is 3.56. The van der Waals surface area contributed by atoms with Gasteiger partial charge in [0.05, 0.1) is 43.9 Å². The first-order valence-corrected chi connectivity index (χ1v) is 11.3. The normalized spacial score (nSPS) is 22.2. The summed E-state index contributed by atoms with van der Waals surface area (Å²) in [5, 5.41) is 2.24. The van der Waals surface area contributed by atoms with Gasteiger partial charge in [0.1, 0.15) is 11.5 Å². The molecule has 2 aliphatic rings. The van der Waals surface area contributed by atoms with Crippen molar-refractivity contribution in [1.82, 2.24) is 19.9 Å². The molecule has 3 aromatic heterocycles. The number of hydrogen-bond acceptors (Lipinski definition) is 6. The van der Waals surface area contributed by atoms with Crippen LogP contribution in [0.1, 0.15) is 13.8 Å². The van der Waals surface area contributed by atoms with Gasteiger partial charge in [0, 0.05) is 41.4 Å². The quantitative estimate of drug-likeness (QED) is 0.515. The topological polar surface area (TPSA) is 82.3 Å². The molecule has 2 saturated heterocycles. The Kier molecular flexibility index (Phi) is 4.77. The molecule has 2 N–H and O–H groups in total. The van der Waals surface area contributed by atoms with Gasteiger partial charge in [-0.05, 0) is 32.0 Å². The number of benzene rings is 1. The Labute approximate surface area is 186 Å². The summed E-state index contributed by atoms with van der Waals surface area (Å²) >= 11 is 0. The molecule has 0 unspecified atom stereocenters. The van der Waals surface area contributed by atoms with Crippen molar-refractivity contribution in [3.63, 3.8) is 0 Å². The van der Waals surface area contributed by atoms with Gasteiger partial charge in [-0.25, -0.2) is 0 Å². The van der Waals surface area contributed by atoms with Gasteiger partial charge in [-0.3, -0.25) is 0 Å². The number of hydrogen-bond donors (Lipinski definition) is 2. The van der Waals surface area contributed by atoms with E-state index in [9.17, 15) is 0 Å². The van der Waals surface area contributed by atoms with Crippen molar-refractivity contribution < 1.29 is 9.47 Å². The van der Waals surface area contributed by atoms with Crippen LogP contribution in [-0.4, -0.2) is 71.5 Å². The lowest BCUT2D eigenvalue weighted by Gasteiger charge is -2.36. The minimum atomic E-state index is 0.235. The Balaban J connectivity index is 1.53. The number of nitrogens with one attached hydrogen (secondary N) is 2. The Bertz CT molecular complexity index is 1260. The van der Waals surface area contributed by atoms with Gasteiger partial charge in [0.25, 0.3) is 0 Å². The van der Waals surface area contributed by atoms with E-state index in [1.807, 2.05) is 6.20 Å². The highest BCUT2D eigenvalue weighted by Gasteiger charge is 2.28. The summed E-state index contributed by atoms with van der Waals surface area (Å²) < 4.78 is 11.3. The second-order valence-electron chi connectivity index (χ2n) is 8.77. The van der Waals surface area contributed by atoms with Crippen LogP contribution in [0.2, 0.25) is 0 Å². The number of aromatic nitrogens is 4. The maximum absolute atomic E-state index is 5.70. The molecule has 5 heterocycles. The van der Waals surface area contributed by atoms with E-state index in [2.05, 4.69) is 63.9 Å². The summed E-state index contributed by atoms with van der Waals surface area (Å²) in [6.45, 7) is 8.76. The zero-order chi connectivity index (χ0) is 21.7. The first kappa shape index (κ1) is 19.6. The Morgan fingerprint density at radius 2 is 1.72 bits per heavy atom. The maximum Gasteiger partial charge on any atom is 0.229 e. The van der Waals surface area contributed by atoms with Crippen molar-refractivity contribution in [2.75, 3.05) is 49.3 Å². The average molecular weight is 433 g/mol. The van der Waals surface area contributed by atoms with Crippen LogP contribution < -0.4 is 9.80 Å². The van der Waals surface area contributed by atoms with Crippen molar-refractivity contribution in [2.45, 2.75) is 25.9 Å². The minimum absolute atomic E-state index is 0.235. The molecule has 0 amide bonds. The number of H-pyrrole nitrogens is 2. The molecule has 8 heteroatoms. The van der Waals surface area contributed by atoms with E-state index in [1.54, 1.807) is 0 Å². The third kappa shape index (κ3) is 3.22. The number of aromatic amines is 2. The molecule has 6 rings (SSSR count). The lowest BCUT2D eigenvalue weighted by molar-refractivity contribution is 0.0973. The standard InChI is InChI=1S/C24H28N6O2/c1-15-13-31-10-8-29(15)23-19-12-21(17-4-3-5-20-18(17)6-7-25-20)26-22(19)27-24(28-23)30-9-11-32-14-16(30)2/h3-7,12,15-16,25H,8-11,13-14H2,1-2H3,(H,26,27,28)/t15-,16+/m1/s1. The lowest BCUT2D eigenvalue weighted by atomic mass is 10.1. The smallest absolute Gasteiger partial charge is 0.229 e. The van der Waals surface area contributed by atoms with Gasteiger partial charge in [0.15, 0.2) is 0 Å². The van der Waals surface area contributed by atoms with Crippen molar-refractivity contribution in [2.24, 2.45) is 0 Å². The highest BCUT2D eigenvalue weighted by atomic mass is 16.5. The monoisotopic (exact) mass is 432 g/mol. The van der Waals surface area contributed by atoms with Crippen LogP contribution in [0.5, 0.6) is 0 Å². The largest absolute Gasteiger partial charge is 0.377 e. The van der Waals surface area contributed by atoms with Crippen molar-refractivity contribution in [3.8, 4) is 11.3 Å². The van der Waals surface area contributed by atoms with Gasteiger partial charge in [-0.1, -0.05) is 12.1 Å². The van der Waals surface area contributed by atoms with Crippen molar-refractivity contribution in [3.05, 3.63) is 36.5 Å². The van der Waals surface area contributed by atoms with Gasteiger partial charge >= 0.3 is 0 Å². The zero-order valence-electron chi connectivity index (χ0n) is 18.5. The van der Waals surface area contributed by atoms with Crippen LogP contribution in [-0.2, 0) is 9.47 Å². The van der Waals surface area contributed by atoms with Gasteiger partial charge in [-0.2, -0.15) is 9.97 Å². The van der Waals surface area contributed by atoms with Crippen LogP contribution in [0.4, 0.5) is 11.8 Å². The third-order valence-corrected chi connectivity index (χ3v) is 6.60. The van der Waals surface area contributed by atoms with E-state index in [1.165, 1.54) is 5.39 Å². The highest BCUT2D eigenvalue weighted by molar-refractivity contribution is 5.99. The molecule has 0 saturated carbocycles. The summed E-state index contributed by atoms with van der Waals surface area (Å²) in [4.78, 5) is 21.6. The van der Waals surface area contributed by atoms with Crippen LogP contribution in [0.15, 0.2) is 36.5 Å². The predicted molar refractivity (Wildman–Crippen MR) is 126 cm³/mol.